The molecule has 0 spiro atoms. The molecular formula is C29H35N5O4. The number of nitrogens with one attached hydrogen (secondary N) is 1. The van der Waals surface area contributed by atoms with E-state index in [-0.39, 0.29) is 42.0 Å². The maximum absolute atomic E-state index is 13.1. The highest BCUT2D eigenvalue weighted by Crippen LogP contribution is 2.32. The van der Waals surface area contributed by atoms with Gasteiger partial charge in [0.25, 0.3) is 11.8 Å². The summed E-state index contributed by atoms with van der Waals surface area (Å²) in [6, 6.07) is 10.2. The van der Waals surface area contributed by atoms with Crippen molar-refractivity contribution in [2.45, 2.75) is 51.1 Å². The molecule has 4 heterocycles. The highest BCUT2D eigenvalue weighted by Gasteiger charge is 2.51. The standard InChI is InChI=1S/C29H35N5O4/c1-20(8-14-31-28(37)21-4-6-23(7-5-21)32-15-2-3-16-32)18-26(36)33-17-11-24-27(33)25(35)19-34(24)29(38)22-9-12-30-13-10-22/h4-7,9-10,12-13,20,24,27H,2-3,8,11,14-19H2,1H3,(H,31,37). The molecule has 0 bridgehead atoms. The Hall–Kier alpha value is -3.75. The summed E-state index contributed by atoms with van der Waals surface area (Å²) in [6.45, 7) is 5.09. The Kier molecular flexibility index (Phi) is 7.72. The lowest BCUT2D eigenvalue weighted by molar-refractivity contribution is -0.137. The van der Waals surface area contributed by atoms with Crippen molar-refractivity contribution in [3.8, 4) is 0 Å². The van der Waals surface area contributed by atoms with E-state index >= 15 is 0 Å². The second kappa shape index (κ2) is 11.3. The van der Waals surface area contributed by atoms with Crippen molar-refractivity contribution in [3.63, 3.8) is 0 Å². The van der Waals surface area contributed by atoms with Gasteiger partial charge < -0.3 is 20.0 Å². The maximum Gasteiger partial charge on any atom is 0.254 e. The minimum absolute atomic E-state index is 0.0286. The quantitative estimate of drug-likeness (QED) is 0.577. The molecule has 0 radical (unpaired) electrons. The monoisotopic (exact) mass is 517 g/mol. The maximum atomic E-state index is 13.1. The van der Waals surface area contributed by atoms with Crippen molar-refractivity contribution in [2.24, 2.45) is 5.92 Å². The molecule has 3 fully saturated rings. The van der Waals surface area contributed by atoms with Crippen LogP contribution in [0, 0.1) is 5.92 Å². The molecule has 1 aromatic carbocycles. The van der Waals surface area contributed by atoms with Crippen molar-refractivity contribution >= 4 is 29.2 Å². The number of benzene rings is 1. The third-order valence-corrected chi connectivity index (χ3v) is 7.98. The van der Waals surface area contributed by atoms with Gasteiger partial charge in [0.05, 0.1) is 12.6 Å². The van der Waals surface area contributed by atoms with Crippen LogP contribution in [0.4, 0.5) is 5.69 Å². The molecule has 3 aliphatic heterocycles. The summed E-state index contributed by atoms with van der Waals surface area (Å²) in [4.78, 5) is 61.0. The third kappa shape index (κ3) is 5.42. The molecule has 9 heteroatoms. The minimum Gasteiger partial charge on any atom is -0.372 e. The van der Waals surface area contributed by atoms with Crippen LogP contribution in [0.2, 0.25) is 0 Å². The van der Waals surface area contributed by atoms with Crippen molar-refractivity contribution in [1.29, 1.82) is 0 Å². The number of carbonyl (C=O) groups is 4. The van der Waals surface area contributed by atoms with Crippen LogP contribution in [0.3, 0.4) is 0 Å². The molecule has 3 saturated heterocycles. The Morgan fingerprint density at radius 3 is 2.39 bits per heavy atom. The zero-order valence-corrected chi connectivity index (χ0v) is 21.8. The lowest BCUT2D eigenvalue weighted by atomic mass is 10.0. The number of carbonyl (C=O) groups excluding carboxylic acids is 4. The summed E-state index contributed by atoms with van der Waals surface area (Å²) in [6.07, 6.45) is 7.09. The Bertz CT molecular complexity index is 1180. The number of fused-ring (bicyclic) bond motifs is 1. The zero-order chi connectivity index (χ0) is 26.6. The van der Waals surface area contributed by atoms with E-state index in [1.54, 1.807) is 34.3 Å². The van der Waals surface area contributed by atoms with Crippen LogP contribution in [0.5, 0.6) is 0 Å². The van der Waals surface area contributed by atoms with Crippen LogP contribution in [-0.4, -0.2) is 83.1 Å². The molecule has 5 rings (SSSR count). The fraction of sp³-hybridized carbons (Fsp3) is 0.483. The van der Waals surface area contributed by atoms with E-state index in [9.17, 15) is 19.2 Å². The summed E-state index contributed by atoms with van der Waals surface area (Å²) >= 11 is 0. The van der Waals surface area contributed by atoms with Crippen molar-refractivity contribution in [2.75, 3.05) is 37.6 Å². The van der Waals surface area contributed by atoms with E-state index < -0.39 is 6.04 Å². The fourth-order valence-electron chi connectivity index (χ4n) is 5.88. The summed E-state index contributed by atoms with van der Waals surface area (Å²) in [5.41, 5.74) is 2.28. The molecule has 2 aromatic rings. The van der Waals surface area contributed by atoms with E-state index in [1.165, 1.54) is 12.8 Å². The lowest BCUT2D eigenvalue weighted by Crippen LogP contribution is -2.44. The van der Waals surface area contributed by atoms with Crippen LogP contribution < -0.4 is 10.2 Å². The first-order chi connectivity index (χ1) is 18.4. The summed E-state index contributed by atoms with van der Waals surface area (Å²) in [5, 5.41) is 2.96. The molecule has 38 heavy (non-hydrogen) atoms. The van der Waals surface area contributed by atoms with Gasteiger partial charge in [-0.1, -0.05) is 6.92 Å². The number of rotatable bonds is 8. The van der Waals surface area contributed by atoms with E-state index in [1.807, 2.05) is 31.2 Å². The zero-order valence-electron chi connectivity index (χ0n) is 21.8. The van der Waals surface area contributed by atoms with E-state index in [2.05, 4.69) is 15.2 Å². The van der Waals surface area contributed by atoms with Gasteiger partial charge >= 0.3 is 0 Å². The van der Waals surface area contributed by atoms with Crippen LogP contribution in [0.1, 0.15) is 59.7 Å². The Balaban J connectivity index is 1.08. The first-order valence-electron chi connectivity index (χ1n) is 13.6. The van der Waals surface area contributed by atoms with Gasteiger partial charge in [0.15, 0.2) is 5.78 Å². The van der Waals surface area contributed by atoms with Gasteiger partial charge in [-0.2, -0.15) is 0 Å². The number of likely N-dealkylation sites (tertiary alicyclic amines) is 2. The number of pyridine rings is 1. The molecule has 9 nitrogen and oxygen atoms in total. The van der Waals surface area contributed by atoms with Crippen molar-refractivity contribution < 1.29 is 19.2 Å². The Morgan fingerprint density at radius 2 is 1.68 bits per heavy atom. The highest BCUT2D eigenvalue weighted by atomic mass is 16.2. The summed E-state index contributed by atoms with van der Waals surface area (Å²) in [7, 11) is 0. The molecule has 3 amide bonds. The SMILES string of the molecule is CC(CCNC(=O)c1ccc(N2CCCC2)cc1)CC(=O)N1CCC2C1C(=O)CN2C(=O)c1ccncc1. The van der Waals surface area contributed by atoms with Gasteiger partial charge in [-0.25, -0.2) is 0 Å². The van der Waals surface area contributed by atoms with Crippen LogP contribution in [-0.2, 0) is 9.59 Å². The number of ketones is 1. The first kappa shape index (κ1) is 25.9. The second-order valence-electron chi connectivity index (χ2n) is 10.6. The lowest BCUT2D eigenvalue weighted by Gasteiger charge is -2.25. The van der Waals surface area contributed by atoms with Gasteiger partial charge in [0, 0.05) is 61.8 Å². The summed E-state index contributed by atoms with van der Waals surface area (Å²) in [5.74, 6) is -0.420. The average molecular weight is 518 g/mol. The van der Waals surface area contributed by atoms with E-state index in [0.717, 1.165) is 18.8 Å². The first-order valence-corrected chi connectivity index (χ1v) is 13.6. The normalized spacial score (nSPS) is 21.5. The molecule has 3 unspecified atom stereocenters. The van der Waals surface area contributed by atoms with E-state index in [4.69, 9.17) is 0 Å². The molecule has 1 aromatic heterocycles. The van der Waals surface area contributed by atoms with Crippen LogP contribution in [0.15, 0.2) is 48.8 Å². The third-order valence-electron chi connectivity index (χ3n) is 7.98. The number of Topliss-reactive ketones (excluding diaryl/α,β-unsaturated/α-hetero) is 1. The van der Waals surface area contributed by atoms with Crippen LogP contribution in [0.25, 0.3) is 0 Å². The molecule has 0 aliphatic carbocycles. The Labute approximate surface area is 223 Å². The molecule has 3 atom stereocenters. The predicted octanol–water partition coefficient (Wildman–Crippen LogP) is 2.52. The minimum atomic E-state index is -0.566. The van der Waals surface area contributed by atoms with E-state index in [0.29, 0.717) is 43.5 Å². The molecule has 0 saturated carbocycles. The molecular weight excluding hydrogens is 482 g/mol. The van der Waals surface area contributed by atoms with Crippen molar-refractivity contribution in [3.05, 3.63) is 59.9 Å². The number of amides is 3. The number of aromatic nitrogens is 1. The topological polar surface area (TPSA) is 103 Å². The Morgan fingerprint density at radius 1 is 0.974 bits per heavy atom. The highest BCUT2D eigenvalue weighted by molar-refractivity contribution is 6.02. The van der Waals surface area contributed by atoms with Gasteiger partial charge in [0.1, 0.15) is 6.04 Å². The number of hydrogen-bond acceptors (Lipinski definition) is 6. The average Bonchev–Trinajstić information content (AvgIpc) is 3.68. The number of nitrogens with zero attached hydrogens (tertiary/aromatic N) is 4. The van der Waals surface area contributed by atoms with Gasteiger partial charge in [0.2, 0.25) is 5.91 Å². The smallest absolute Gasteiger partial charge is 0.254 e. The molecule has 1 N–H and O–H groups in total. The van der Waals surface area contributed by atoms with Gasteiger partial charge in [-0.05, 0) is 68.0 Å². The van der Waals surface area contributed by atoms with Gasteiger partial charge in [-0.3, -0.25) is 24.2 Å². The van der Waals surface area contributed by atoms with Gasteiger partial charge in [-0.15, -0.1) is 0 Å². The fourth-order valence-corrected chi connectivity index (χ4v) is 5.88. The predicted molar refractivity (Wildman–Crippen MR) is 143 cm³/mol. The second-order valence-corrected chi connectivity index (χ2v) is 10.6. The number of anilines is 1. The molecule has 200 valence electrons. The molecule has 3 aliphatic rings. The largest absolute Gasteiger partial charge is 0.372 e. The van der Waals surface area contributed by atoms with Crippen molar-refractivity contribution in [1.82, 2.24) is 20.1 Å². The summed E-state index contributed by atoms with van der Waals surface area (Å²) < 4.78 is 0. The van der Waals surface area contributed by atoms with Crippen LogP contribution >= 0.6 is 0 Å². The number of hydrogen-bond donors (Lipinski definition) is 1.